The summed E-state index contributed by atoms with van der Waals surface area (Å²) in [5.41, 5.74) is 0. The molecule has 0 aromatic heterocycles. The minimum absolute atomic E-state index is 0. The van der Waals surface area contributed by atoms with Crippen LogP contribution in [-0.2, 0) is 9.84 Å². The lowest BCUT2D eigenvalue weighted by molar-refractivity contribution is 0.270. The van der Waals surface area contributed by atoms with E-state index in [2.05, 4.69) is 22.5 Å². The zero-order chi connectivity index (χ0) is 15.7. The number of sulfone groups is 1. The van der Waals surface area contributed by atoms with Crippen LogP contribution in [0, 0.1) is 11.8 Å². The van der Waals surface area contributed by atoms with Crippen molar-refractivity contribution in [3.63, 3.8) is 0 Å². The van der Waals surface area contributed by atoms with Gasteiger partial charge in [-0.1, -0.05) is 26.2 Å². The molecule has 2 unspecified atom stereocenters. The summed E-state index contributed by atoms with van der Waals surface area (Å²) < 4.78 is 22.1. The summed E-state index contributed by atoms with van der Waals surface area (Å²) in [5, 5.41) is 6.48. The Morgan fingerprint density at radius 1 is 1.23 bits per heavy atom. The van der Waals surface area contributed by atoms with Crippen LogP contribution < -0.4 is 10.6 Å². The van der Waals surface area contributed by atoms with Gasteiger partial charge in [-0.3, -0.25) is 4.99 Å². The van der Waals surface area contributed by atoms with Gasteiger partial charge in [0, 0.05) is 26.4 Å². The van der Waals surface area contributed by atoms with Crippen LogP contribution in [0.5, 0.6) is 0 Å². The zero-order valence-corrected chi connectivity index (χ0v) is 17.2. The topological polar surface area (TPSA) is 70.6 Å². The van der Waals surface area contributed by atoms with Crippen molar-refractivity contribution in [2.24, 2.45) is 16.8 Å². The molecule has 2 N–H and O–H groups in total. The predicted octanol–water partition coefficient (Wildman–Crippen LogP) is 2.42. The highest BCUT2D eigenvalue weighted by molar-refractivity contribution is 14.0. The Morgan fingerprint density at radius 2 is 1.91 bits per heavy atom. The first-order valence-electron chi connectivity index (χ1n) is 8.03. The first kappa shape index (κ1) is 21.9. The summed E-state index contributed by atoms with van der Waals surface area (Å²) in [6.07, 6.45) is 8.52. The van der Waals surface area contributed by atoms with Gasteiger partial charge in [-0.25, -0.2) is 8.42 Å². The summed E-state index contributed by atoms with van der Waals surface area (Å²) in [4.78, 5) is 4.16. The molecule has 0 bridgehead atoms. The number of nitrogens with zero attached hydrogens (tertiary/aromatic N) is 1. The molecule has 1 fully saturated rings. The van der Waals surface area contributed by atoms with E-state index < -0.39 is 9.84 Å². The fraction of sp³-hybridized carbons (Fsp3) is 0.933. The molecule has 0 radical (unpaired) electrons. The van der Waals surface area contributed by atoms with Crippen LogP contribution in [-0.4, -0.2) is 46.5 Å². The fourth-order valence-corrected chi connectivity index (χ4v) is 3.65. The molecule has 2 atom stereocenters. The van der Waals surface area contributed by atoms with Crippen LogP contribution in [0.15, 0.2) is 4.99 Å². The van der Waals surface area contributed by atoms with Crippen LogP contribution in [0.4, 0.5) is 0 Å². The highest BCUT2D eigenvalue weighted by Gasteiger charge is 2.18. The summed E-state index contributed by atoms with van der Waals surface area (Å²) >= 11 is 0. The number of halogens is 1. The molecular formula is C15H32IN3O2S. The van der Waals surface area contributed by atoms with Gasteiger partial charge in [-0.05, 0) is 31.1 Å². The standard InChI is InChI=1S/C15H31N3O2S.HI/c1-13-6-4-7-14(12-13)8-10-18-15(16-2)17-9-5-11-21(3,19)20;/h13-14H,4-12H2,1-3H3,(H2,16,17,18);1H. The molecule has 1 saturated carbocycles. The summed E-state index contributed by atoms with van der Waals surface area (Å²) in [7, 11) is -1.12. The van der Waals surface area contributed by atoms with E-state index in [-0.39, 0.29) is 29.7 Å². The van der Waals surface area contributed by atoms with Gasteiger partial charge < -0.3 is 10.6 Å². The van der Waals surface area contributed by atoms with E-state index in [0.29, 0.717) is 13.0 Å². The molecular weight excluding hydrogens is 413 g/mol. The summed E-state index contributed by atoms with van der Waals surface area (Å²) in [6, 6.07) is 0. The molecule has 22 heavy (non-hydrogen) atoms. The molecule has 1 rings (SSSR count). The van der Waals surface area contributed by atoms with E-state index in [1.54, 1.807) is 7.05 Å². The molecule has 1 aliphatic carbocycles. The molecule has 0 saturated heterocycles. The van der Waals surface area contributed by atoms with E-state index in [4.69, 9.17) is 0 Å². The zero-order valence-electron chi connectivity index (χ0n) is 14.1. The second-order valence-electron chi connectivity index (χ2n) is 6.34. The lowest BCUT2D eigenvalue weighted by Gasteiger charge is -2.26. The third-order valence-corrected chi connectivity index (χ3v) is 5.13. The molecule has 0 heterocycles. The normalized spacial score (nSPS) is 22.8. The SMILES string of the molecule is CN=C(NCCCS(C)(=O)=O)NCCC1CCCC(C)C1.I. The minimum Gasteiger partial charge on any atom is -0.356 e. The molecule has 0 spiro atoms. The average molecular weight is 445 g/mol. The van der Waals surface area contributed by atoms with Crippen LogP contribution in [0.25, 0.3) is 0 Å². The lowest BCUT2D eigenvalue weighted by atomic mass is 9.81. The Morgan fingerprint density at radius 3 is 2.50 bits per heavy atom. The third-order valence-electron chi connectivity index (χ3n) is 4.10. The molecule has 0 aromatic carbocycles. The number of nitrogens with one attached hydrogen (secondary N) is 2. The number of rotatable bonds is 7. The highest BCUT2D eigenvalue weighted by Crippen LogP contribution is 2.30. The first-order valence-corrected chi connectivity index (χ1v) is 10.1. The maximum Gasteiger partial charge on any atom is 0.190 e. The van der Waals surface area contributed by atoms with Crippen molar-refractivity contribution in [3.05, 3.63) is 0 Å². The van der Waals surface area contributed by atoms with Gasteiger partial charge in [-0.15, -0.1) is 24.0 Å². The second-order valence-corrected chi connectivity index (χ2v) is 8.60. The van der Waals surface area contributed by atoms with Gasteiger partial charge >= 0.3 is 0 Å². The number of guanidine groups is 1. The van der Waals surface area contributed by atoms with Crippen molar-refractivity contribution >= 4 is 39.8 Å². The van der Waals surface area contributed by atoms with Gasteiger partial charge in [0.25, 0.3) is 0 Å². The number of hydrogen-bond donors (Lipinski definition) is 2. The van der Waals surface area contributed by atoms with Gasteiger partial charge in [-0.2, -0.15) is 0 Å². The van der Waals surface area contributed by atoms with Crippen molar-refractivity contribution in [2.75, 3.05) is 32.1 Å². The van der Waals surface area contributed by atoms with Crippen LogP contribution in [0.2, 0.25) is 0 Å². The highest BCUT2D eigenvalue weighted by atomic mass is 127. The molecule has 0 amide bonds. The molecule has 1 aliphatic rings. The first-order chi connectivity index (χ1) is 9.90. The van der Waals surface area contributed by atoms with Crippen molar-refractivity contribution in [1.82, 2.24) is 10.6 Å². The van der Waals surface area contributed by atoms with Crippen LogP contribution in [0.3, 0.4) is 0 Å². The molecule has 0 aromatic rings. The molecule has 132 valence electrons. The van der Waals surface area contributed by atoms with E-state index in [1.165, 1.54) is 38.4 Å². The Bertz CT molecular complexity index is 427. The monoisotopic (exact) mass is 445 g/mol. The Hall–Kier alpha value is -0.0500. The maximum atomic E-state index is 11.0. The Kier molecular flexibility index (Phi) is 11.5. The van der Waals surface area contributed by atoms with Gasteiger partial charge in [0.1, 0.15) is 9.84 Å². The Balaban J connectivity index is 0.00000441. The molecule has 0 aliphatic heterocycles. The van der Waals surface area contributed by atoms with Crippen LogP contribution >= 0.6 is 24.0 Å². The second kappa shape index (κ2) is 11.5. The van der Waals surface area contributed by atoms with Crippen molar-refractivity contribution in [1.29, 1.82) is 0 Å². The van der Waals surface area contributed by atoms with E-state index in [9.17, 15) is 8.42 Å². The fourth-order valence-electron chi connectivity index (χ4n) is 2.98. The van der Waals surface area contributed by atoms with Gasteiger partial charge in [0.15, 0.2) is 5.96 Å². The van der Waals surface area contributed by atoms with E-state index >= 15 is 0 Å². The number of hydrogen-bond acceptors (Lipinski definition) is 3. The predicted molar refractivity (Wildman–Crippen MR) is 105 cm³/mol. The van der Waals surface area contributed by atoms with Crippen molar-refractivity contribution in [2.45, 2.75) is 45.4 Å². The smallest absolute Gasteiger partial charge is 0.190 e. The third kappa shape index (κ3) is 10.6. The minimum atomic E-state index is -2.87. The van der Waals surface area contributed by atoms with Crippen molar-refractivity contribution in [3.8, 4) is 0 Å². The number of aliphatic imine (C=N–C) groups is 1. The molecule has 7 heteroatoms. The van der Waals surface area contributed by atoms with E-state index in [1.807, 2.05) is 0 Å². The Labute approximate surface area is 153 Å². The lowest BCUT2D eigenvalue weighted by Crippen LogP contribution is -2.39. The quantitative estimate of drug-likeness (QED) is 0.273. The summed E-state index contributed by atoms with van der Waals surface area (Å²) in [6.45, 7) is 3.91. The van der Waals surface area contributed by atoms with Crippen LogP contribution in [0.1, 0.15) is 45.4 Å². The van der Waals surface area contributed by atoms with Gasteiger partial charge in [0.2, 0.25) is 0 Å². The molecule has 5 nitrogen and oxygen atoms in total. The van der Waals surface area contributed by atoms with Crippen molar-refractivity contribution < 1.29 is 8.42 Å². The average Bonchev–Trinajstić information content (AvgIpc) is 2.40. The maximum absolute atomic E-state index is 11.0. The van der Waals surface area contributed by atoms with E-state index in [0.717, 1.165) is 24.3 Å². The van der Waals surface area contributed by atoms with Gasteiger partial charge in [0.05, 0.1) is 5.75 Å². The largest absolute Gasteiger partial charge is 0.356 e. The summed E-state index contributed by atoms with van der Waals surface area (Å²) in [5.74, 6) is 2.70.